The molecule has 2 fully saturated rings. The van der Waals surface area contributed by atoms with Gasteiger partial charge in [-0.15, -0.1) is 0 Å². The molecule has 2 aliphatic heterocycles. The Morgan fingerprint density at radius 1 is 0.484 bits per heavy atom. The zero-order valence-corrected chi connectivity index (χ0v) is 41.6. The van der Waals surface area contributed by atoms with Crippen molar-refractivity contribution in [3.8, 4) is 0 Å². The molecule has 2 aliphatic rings. The molecule has 4 heterocycles. The predicted octanol–water partition coefficient (Wildman–Crippen LogP) is 16.9. The second-order valence-corrected chi connectivity index (χ2v) is 21.6. The van der Waals surface area contributed by atoms with Crippen molar-refractivity contribution in [2.45, 2.75) is 199 Å². The molecule has 3 aromatic rings. The third-order valence-electron chi connectivity index (χ3n) is 8.59. The van der Waals surface area contributed by atoms with Crippen LogP contribution in [0.4, 0.5) is 11.4 Å². The monoisotopic (exact) mass is 899 g/mol. The van der Waals surface area contributed by atoms with Crippen molar-refractivity contribution in [3.05, 3.63) is 84.9 Å². The lowest BCUT2D eigenvalue weighted by Gasteiger charge is -2.29. The van der Waals surface area contributed by atoms with Gasteiger partial charge in [-0.05, 0) is 130 Å². The summed E-state index contributed by atoms with van der Waals surface area (Å²) in [5.74, 6) is 0. The maximum Gasteiger partial charge on any atom is 0.0997 e. The number of para-hydroxylation sites is 1. The first-order chi connectivity index (χ1) is 27.4. The van der Waals surface area contributed by atoms with Crippen LogP contribution in [0.5, 0.6) is 0 Å². The second kappa shape index (κ2) is 38.1. The van der Waals surface area contributed by atoms with Crippen LogP contribution in [0.2, 0.25) is 0 Å². The van der Waals surface area contributed by atoms with E-state index < -0.39 is 0 Å². The highest BCUT2D eigenvalue weighted by Gasteiger charge is 2.19. The molecule has 1 aromatic carbocycles. The summed E-state index contributed by atoms with van der Waals surface area (Å²) in [5, 5.41) is 6.71. The zero-order valence-electron chi connectivity index (χ0n) is 41.6. The summed E-state index contributed by atoms with van der Waals surface area (Å²) < 4.78 is 5.69. The molecule has 5 rings (SSSR count). The molecule has 2 saturated heterocycles. The summed E-state index contributed by atoms with van der Waals surface area (Å²) >= 11 is 0. The molecule has 0 aliphatic carbocycles. The maximum absolute atomic E-state index is 5.69. The first kappa shape index (κ1) is 72.6. The molecular weight excluding hydrogens is 785 g/mol. The van der Waals surface area contributed by atoms with Crippen molar-refractivity contribution < 1.29 is 4.74 Å². The van der Waals surface area contributed by atoms with Gasteiger partial charge in [-0.1, -0.05) is 159 Å². The number of hydrogen-bond donors (Lipinski definition) is 2. The van der Waals surface area contributed by atoms with E-state index in [0.29, 0.717) is 21.7 Å². The van der Waals surface area contributed by atoms with E-state index in [1.165, 1.54) is 76.1 Å². The molecule has 0 radical (unpaired) electrons. The van der Waals surface area contributed by atoms with Crippen LogP contribution in [0.25, 0.3) is 0 Å². The van der Waals surface area contributed by atoms with E-state index in [2.05, 4.69) is 159 Å². The first-order valence-electron chi connectivity index (χ1n) is 22.8. The topological polar surface area (TPSA) is 65.5 Å². The van der Waals surface area contributed by atoms with Crippen LogP contribution < -0.4 is 10.6 Å². The SMILES string of the molecule is C.C.C.C.C.CC.CC(C)(C)CN1CCCC1.CC(C)(C)CNc1ccccc1.CC(C)(C)CNc1cccnc1.CC(C)(C)Cc1ccncc1.CC(C)(C)OCN1CCCCC1. The molecule has 0 saturated carbocycles. The largest absolute Gasteiger partial charge is 0.385 e. The smallest absolute Gasteiger partial charge is 0.0997 e. The highest BCUT2D eigenvalue weighted by Crippen LogP contribution is 2.20. The Bertz CT molecular complexity index is 1320. The molecule has 0 atom stereocenters. The molecule has 2 aromatic heterocycles. The third kappa shape index (κ3) is 48.5. The Hall–Kier alpha value is -3.00. The standard InChI is InChI=1S/C11H17N.C10H16N2.C10H21NO.C10H15N.C9H19N.C2H6.5CH4/c1-11(2,3)9-12-10-7-5-4-6-8-10;1-10(2,3)8-12-9-5-4-6-11-7-9;1-10(2,3)12-9-11-7-5-4-6-8-11;1-10(2,3)8-9-4-6-11-7-5-9;1-9(2,3)8-10-6-4-5-7-10;1-2;;;;;/h4-8,12H,9H2,1-3H3;4-7,12H,8H2,1-3H3;4-9H2,1-3H3;4-7H,8H2,1-3H3;4-8H2,1-3H3;1-2H3;5*1H4. The van der Waals surface area contributed by atoms with Crippen molar-refractivity contribution in [3.63, 3.8) is 0 Å². The number of anilines is 2. The number of benzene rings is 1. The van der Waals surface area contributed by atoms with Gasteiger partial charge in [0.05, 0.1) is 18.0 Å². The van der Waals surface area contributed by atoms with Crippen LogP contribution >= 0.6 is 0 Å². The van der Waals surface area contributed by atoms with Crippen molar-refractivity contribution in [1.29, 1.82) is 0 Å². The minimum atomic E-state index is 0. The average molecular weight is 900 g/mol. The number of hydrogen-bond acceptors (Lipinski definition) is 7. The Morgan fingerprint density at radius 3 is 1.33 bits per heavy atom. The number of ether oxygens (including phenoxy) is 1. The third-order valence-corrected chi connectivity index (χ3v) is 8.59. The molecule has 0 amide bonds. The Labute approximate surface area is 403 Å². The van der Waals surface area contributed by atoms with Crippen molar-refractivity contribution in [2.24, 2.45) is 21.7 Å². The van der Waals surface area contributed by atoms with Gasteiger partial charge < -0.3 is 20.3 Å². The number of nitrogens with zero attached hydrogens (tertiary/aromatic N) is 4. The Balaban J connectivity index is -0.000000160. The maximum atomic E-state index is 5.69. The van der Waals surface area contributed by atoms with Crippen LogP contribution in [0.1, 0.15) is 193 Å². The summed E-state index contributed by atoms with van der Waals surface area (Å²) in [5.41, 5.74) is 5.20. The van der Waals surface area contributed by atoms with Crippen LogP contribution in [0.3, 0.4) is 0 Å². The number of likely N-dealkylation sites (tertiary alicyclic amines) is 2. The highest BCUT2D eigenvalue weighted by molar-refractivity contribution is 5.42. The van der Waals surface area contributed by atoms with Gasteiger partial charge >= 0.3 is 0 Å². The molecule has 7 heteroatoms. The van der Waals surface area contributed by atoms with E-state index in [0.717, 1.165) is 31.9 Å². The minimum Gasteiger partial charge on any atom is -0.385 e. The van der Waals surface area contributed by atoms with Crippen LogP contribution in [-0.2, 0) is 11.2 Å². The molecular formula is C57H114N6O. The normalized spacial score (nSPS) is 13.7. The Morgan fingerprint density at radius 2 is 0.922 bits per heavy atom. The van der Waals surface area contributed by atoms with E-state index in [9.17, 15) is 0 Å². The van der Waals surface area contributed by atoms with Gasteiger partial charge in [0.1, 0.15) is 0 Å². The van der Waals surface area contributed by atoms with E-state index in [-0.39, 0.29) is 42.7 Å². The fraction of sp³-hybridized carbons (Fsp3) is 0.719. The molecule has 0 unspecified atom stereocenters. The van der Waals surface area contributed by atoms with E-state index in [4.69, 9.17) is 4.74 Å². The average Bonchev–Trinajstić information content (AvgIpc) is 3.66. The summed E-state index contributed by atoms with van der Waals surface area (Å²) in [4.78, 5) is 13.0. The highest BCUT2D eigenvalue weighted by atomic mass is 16.5. The van der Waals surface area contributed by atoms with Crippen LogP contribution in [0, 0.1) is 21.7 Å². The number of aromatic nitrogens is 2. The number of rotatable bonds is 8. The predicted molar refractivity (Wildman–Crippen MR) is 295 cm³/mol. The lowest BCUT2D eigenvalue weighted by molar-refractivity contribution is -0.0677. The quantitative estimate of drug-likeness (QED) is 0.233. The second-order valence-electron chi connectivity index (χ2n) is 21.6. The lowest BCUT2D eigenvalue weighted by Crippen LogP contribution is -2.35. The summed E-state index contributed by atoms with van der Waals surface area (Å²) in [6.07, 6.45) is 15.3. The summed E-state index contributed by atoms with van der Waals surface area (Å²) in [6, 6.07) is 18.4. The molecule has 0 bridgehead atoms. The van der Waals surface area contributed by atoms with Gasteiger partial charge in [0.2, 0.25) is 0 Å². The summed E-state index contributed by atoms with van der Waals surface area (Å²) in [6.45, 7) is 46.4. The lowest BCUT2D eigenvalue weighted by atomic mass is 9.89. The zero-order chi connectivity index (χ0) is 45.0. The molecule has 378 valence electrons. The number of pyridine rings is 2. The van der Waals surface area contributed by atoms with Crippen molar-refractivity contribution in [1.82, 2.24) is 19.8 Å². The molecule has 7 nitrogen and oxygen atoms in total. The van der Waals surface area contributed by atoms with E-state index in [1.54, 1.807) is 6.20 Å². The first-order valence-corrected chi connectivity index (χ1v) is 22.8. The summed E-state index contributed by atoms with van der Waals surface area (Å²) in [7, 11) is 0. The minimum absolute atomic E-state index is 0. The van der Waals surface area contributed by atoms with Gasteiger partial charge in [0, 0.05) is 63.2 Å². The van der Waals surface area contributed by atoms with E-state index in [1.807, 2.05) is 62.8 Å². The number of piperidine rings is 1. The Kier molecular flexibility index (Phi) is 43.3. The molecule has 2 N–H and O–H groups in total. The van der Waals surface area contributed by atoms with Gasteiger partial charge in [-0.2, -0.15) is 0 Å². The van der Waals surface area contributed by atoms with Crippen molar-refractivity contribution in [2.75, 3.05) is 63.2 Å². The van der Waals surface area contributed by atoms with Crippen molar-refractivity contribution >= 4 is 11.4 Å². The number of nitrogens with one attached hydrogen (secondary N) is 2. The van der Waals surface area contributed by atoms with Crippen LogP contribution in [0.15, 0.2) is 79.4 Å². The van der Waals surface area contributed by atoms with Gasteiger partial charge in [0.15, 0.2) is 0 Å². The van der Waals surface area contributed by atoms with E-state index >= 15 is 0 Å². The molecule has 64 heavy (non-hydrogen) atoms. The van der Waals surface area contributed by atoms with Gasteiger partial charge in [0.25, 0.3) is 0 Å². The van der Waals surface area contributed by atoms with Crippen LogP contribution in [-0.4, -0.2) is 77.9 Å². The fourth-order valence-corrected chi connectivity index (χ4v) is 5.86. The molecule has 0 spiro atoms. The van der Waals surface area contributed by atoms with Gasteiger partial charge in [-0.25, -0.2) is 0 Å². The fourth-order valence-electron chi connectivity index (χ4n) is 5.86. The van der Waals surface area contributed by atoms with Gasteiger partial charge in [-0.3, -0.25) is 14.9 Å².